The fourth-order valence-electron chi connectivity index (χ4n) is 2.22. The molecule has 0 radical (unpaired) electrons. The van der Waals surface area contributed by atoms with Crippen LogP contribution in [0.15, 0.2) is 18.2 Å². The lowest BCUT2D eigenvalue weighted by Gasteiger charge is -2.19. The van der Waals surface area contributed by atoms with Crippen LogP contribution in [0.1, 0.15) is 37.0 Å². The number of aromatic nitrogens is 2. The van der Waals surface area contributed by atoms with Crippen LogP contribution in [0.3, 0.4) is 0 Å². The third kappa shape index (κ3) is 4.47. The highest BCUT2D eigenvalue weighted by atomic mass is 16.6. The summed E-state index contributed by atoms with van der Waals surface area (Å²) in [4.78, 5) is 28.1. The zero-order valence-electron chi connectivity index (χ0n) is 14.8. The zero-order chi connectivity index (χ0) is 17.9. The first-order chi connectivity index (χ1) is 11.2. The molecule has 7 heteroatoms. The fourth-order valence-corrected chi connectivity index (χ4v) is 2.22. The molecule has 2 N–H and O–H groups in total. The lowest BCUT2D eigenvalue weighted by molar-refractivity contribution is 0.0526. The summed E-state index contributed by atoms with van der Waals surface area (Å²) in [6, 6.07) is 5.40. The average molecular weight is 332 g/mol. The molecule has 0 bridgehead atoms. The highest BCUT2D eigenvalue weighted by Crippen LogP contribution is 2.16. The number of hydrogen-bond donors (Lipinski definition) is 2. The van der Waals surface area contributed by atoms with Gasteiger partial charge in [0.05, 0.1) is 11.0 Å². The molecule has 0 saturated carbocycles. The number of rotatable bonds is 4. The molecule has 0 aliphatic heterocycles. The van der Waals surface area contributed by atoms with Crippen LogP contribution in [0.2, 0.25) is 0 Å². The van der Waals surface area contributed by atoms with Gasteiger partial charge in [-0.05, 0) is 45.9 Å². The molecule has 1 aromatic carbocycles. The van der Waals surface area contributed by atoms with E-state index in [1.807, 2.05) is 24.6 Å². The Bertz CT molecular complexity index is 759. The average Bonchev–Trinajstić information content (AvgIpc) is 2.76. The topological polar surface area (TPSA) is 85.2 Å². The summed E-state index contributed by atoms with van der Waals surface area (Å²) in [6.07, 6.45) is -0.498. The molecular weight excluding hydrogens is 308 g/mol. The highest BCUT2D eigenvalue weighted by molar-refractivity contribution is 5.97. The first kappa shape index (κ1) is 17.8. The molecule has 1 heterocycles. The maximum absolute atomic E-state index is 12.2. The Morgan fingerprint density at radius 2 is 1.88 bits per heavy atom. The molecule has 2 rings (SSSR count). The van der Waals surface area contributed by atoms with Crippen molar-refractivity contribution in [2.24, 2.45) is 7.05 Å². The number of carbonyl (C=O) groups is 2. The van der Waals surface area contributed by atoms with E-state index in [0.29, 0.717) is 18.7 Å². The van der Waals surface area contributed by atoms with Crippen molar-refractivity contribution < 1.29 is 14.3 Å². The Morgan fingerprint density at radius 3 is 2.54 bits per heavy atom. The van der Waals surface area contributed by atoms with Gasteiger partial charge in [0.15, 0.2) is 0 Å². The maximum Gasteiger partial charge on any atom is 0.407 e. The minimum Gasteiger partial charge on any atom is -0.444 e. The quantitative estimate of drug-likeness (QED) is 0.840. The molecule has 0 spiro atoms. The van der Waals surface area contributed by atoms with E-state index in [2.05, 4.69) is 15.6 Å². The number of nitrogens with one attached hydrogen (secondary N) is 2. The molecule has 0 fully saturated rings. The van der Waals surface area contributed by atoms with E-state index in [9.17, 15) is 9.59 Å². The SMILES string of the molecule is Cc1nc2cc(C(=O)NCCNC(=O)OC(C)(C)C)ccc2n1C. The number of ether oxygens (including phenoxy) is 1. The third-order valence-electron chi connectivity index (χ3n) is 3.45. The van der Waals surface area contributed by atoms with Gasteiger partial charge in [0.25, 0.3) is 5.91 Å². The monoisotopic (exact) mass is 332 g/mol. The van der Waals surface area contributed by atoms with Crippen molar-refractivity contribution in [3.05, 3.63) is 29.6 Å². The fraction of sp³-hybridized carbons (Fsp3) is 0.471. The first-order valence-corrected chi connectivity index (χ1v) is 7.85. The van der Waals surface area contributed by atoms with Gasteiger partial charge < -0.3 is 19.9 Å². The van der Waals surface area contributed by atoms with Crippen LogP contribution in [0, 0.1) is 6.92 Å². The first-order valence-electron chi connectivity index (χ1n) is 7.85. The van der Waals surface area contributed by atoms with Crippen LogP contribution in [0.4, 0.5) is 4.79 Å². The van der Waals surface area contributed by atoms with Crippen molar-refractivity contribution in [3.63, 3.8) is 0 Å². The second kappa shape index (κ2) is 6.90. The molecule has 2 amide bonds. The number of fused-ring (bicyclic) bond motifs is 1. The van der Waals surface area contributed by atoms with Crippen LogP contribution < -0.4 is 10.6 Å². The largest absolute Gasteiger partial charge is 0.444 e. The van der Waals surface area contributed by atoms with Gasteiger partial charge >= 0.3 is 6.09 Å². The molecule has 0 atom stereocenters. The minimum atomic E-state index is -0.538. The van der Waals surface area contributed by atoms with Gasteiger partial charge in [0, 0.05) is 25.7 Å². The Kier molecular flexibility index (Phi) is 5.11. The van der Waals surface area contributed by atoms with Gasteiger partial charge in [0.1, 0.15) is 11.4 Å². The van der Waals surface area contributed by atoms with Crippen molar-refractivity contribution in [2.75, 3.05) is 13.1 Å². The number of hydrogen-bond acceptors (Lipinski definition) is 4. The van der Waals surface area contributed by atoms with Crippen LogP contribution >= 0.6 is 0 Å². The molecular formula is C17H24N4O3. The predicted molar refractivity (Wildman–Crippen MR) is 92.0 cm³/mol. The van der Waals surface area contributed by atoms with Crippen LogP contribution in [0.5, 0.6) is 0 Å². The lowest BCUT2D eigenvalue weighted by Crippen LogP contribution is -2.37. The van der Waals surface area contributed by atoms with Gasteiger partial charge in [-0.3, -0.25) is 4.79 Å². The van der Waals surface area contributed by atoms with E-state index in [4.69, 9.17) is 4.74 Å². The van der Waals surface area contributed by atoms with E-state index in [1.54, 1.807) is 32.9 Å². The molecule has 24 heavy (non-hydrogen) atoms. The molecule has 7 nitrogen and oxygen atoms in total. The van der Waals surface area contributed by atoms with Crippen LogP contribution in [0.25, 0.3) is 11.0 Å². The molecule has 0 aliphatic rings. The molecule has 2 aromatic rings. The molecule has 0 saturated heterocycles. The summed E-state index contributed by atoms with van der Waals surface area (Å²) in [7, 11) is 1.94. The molecule has 0 aliphatic carbocycles. The molecule has 0 unspecified atom stereocenters. The lowest BCUT2D eigenvalue weighted by atomic mass is 10.2. The third-order valence-corrected chi connectivity index (χ3v) is 3.45. The smallest absolute Gasteiger partial charge is 0.407 e. The second-order valence-electron chi connectivity index (χ2n) is 6.61. The summed E-state index contributed by atoms with van der Waals surface area (Å²) >= 11 is 0. The van der Waals surface area contributed by atoms with Crippen molar-refractivity contribution in [1.82, 2.24) is 20.2 Å². The van der Waals surface area contributed by atoms with Crippen molar-refractivity contribution in [1.29, 1.82) is 0 Å². The normalized spacial score (nSPS) is 11.4. The predicted octanol–water partition coefficient (Wildman–Crippen LogP) is 2.14. The maximum atomic E-state index is 12.2. The van der Waals surface area contributed by atoms with Crippen molar-refractivity contribution in [2.45, 2.75) is 33.3 Å². The van der Waals surface area contributed by atoms with E-state index in [-0.39, 0.29) is 5.91 Å². The minimum absolute atomic E-state index is 0.203. The second-order valence-corrected chi connectivity index (χ2v) is 6.61. The number of nitrogens with zero attached hydrogens (tertiary/aromatic N) is 2. The number of aryl methyl sites for hydroxylation is 2. The summed E-state index contributed by atoms with van der Waals surface area (Å²) in [5.74, 6) is 0.690. The summed E-state index contributed by atoms with van der Waals surface area (Å²) < 4.78 is 7.09. The van der Waals surface area contributed by atoms with E-state index in [1.165, 1.54) is 0 Å². The standard InChI is InChI=1S/C17H24N4O3/c1-11-20-13-10-12(6-7-14(13)21(11)5)15(22)18-8-9-19-16(23)24-17(2,3)4/h6-7,10H,8-9H2,1-5H3,(H,18,22)(H,19,23). The molecule has 130 valence electrons. The van der Waals surface area contributed by atoms with Gasteiger partial charge in [-0.15, -0.1) is 0 Å². The number of benzene rings is 1. The Balaban J connectivity index is 1.86. The number of imidazole rings is 1. The van der Waals surface area contributed by atoms with Crippen LogP contribution in [-0.2, 0) is 11.8 Å². The Morgan fingerprint density at radius 1 is 1.21 bits per heavy atom. The van der Waals surface area contributed by atoms with E-state index in [0.717, 1.165) is 16.9 Å². The van der Waals surface area contributed by atoms with Crippen LogP contribution in [-0.4, -0.2) is 40.2 Å². The number of amides is 2. The van der Waals surface area contributed by atoms with Gasteiger partial charge in [-0.25, -0.2) is 9.78 Å². The Hall–Kier alpha value is -2.57. The highest BCUT2D eigenvalue weighted by Gasteiger charge is 2.15. The van der Waals surface area contributed by atoms with E-state index >= 15 is 0 Å². The summed E-state index contributed by atoms with van der Waals surface area (Å²) in [5.41, 5.74) is 1.77. The van der Waals surface area contributed by atoms with Gasteiger partial charge in [-0.2, -0.15) is 0 Å². The summed E-state index contributed by atoms with van der Waals surface area (Å²) in [6.45, 7) is 7.92. The Labute approximate surface area is 141 Å². The molecule has 1 aromatic heterocycles. The van der Waals surface area contributed by atoms with Crippen molar-refractivity contribution >= 4 is 23.0 Å². The number of carbonyl (C=O) groups excluding carboxylic acids is 2. The van der Waals surface area contributed by atoms with Gasteiger partial charge in [-0.1, -0.05) is 0 Å². The van der Waals surface area contributed by atoms with E-state index < -0.39 is 11.7 Å². The summed E-state index contributed by atoms with van der Waals surface area (Å²) in [5, 5.41) is 5.35. The zero-order valence-corrected chi connectivity index (χ0v) is 14.8. The number of alkyl carbamates (subject to hydrolysis) is 1. The van der Waals surface area contributed by atoms with Crippen molar-refractivity contribution in [3.8, 4) is 0 Å². The van der Waals surface area contributed by atoms with Gasteiger partial charge in [0.2, 0.25) is 0 Å².